The average Bonchev–Trinajstić information content (AvgIpc) is 2.15. The number of carbonyl (C=O) groups is 1. The van der Waals surface area contributed by atoms with Crippen molar-refractivity contribution in [1.82, 2.24) is 5.32 Å². The van der Waals surface area contributed by atoms with Crippen molar-refractivity contribution in [1.29, 1.82) is 0 Å². The van der Waals surface area contributed by atoms with Gasteiger partial charge in [-0.25, -0.2) is 0 Å². The van der Waals surface area contributed by atoms with Gasteiger partial charge in [-0.3, -0.25) is 4.79 Å². The molecule has 0 aliphatic heterocycles. The van der Waals surface area contributed by atoms with Gasteiger partial charge in [0, 0.05) is 6.04 Å². The van der Waals surface area contributed by atoms with Crippen molar-refractivity contribution in [3.8, 4) is 0 Å². The molecule has 0 aromatic carbocycles. The van der Waals surface area contributed by atoms with E-state index in [1.54, 1.807) is 0 Å². The van der Waals surface area contributed by atoms with Crippen LogP contribution in [-0.2, 0) is 9.53 Å². The summed E-state index contributed by atoms with van der Waals surface area (Å²) in [5.41, 5.74) is 0. The Morgan fingerprint density at radius 1 is 1.36 bits per heavy atom. The largest absolute Gasteiger partial charge is 0.465 e. The molecule has 3 heteroatoms. The maximum absolute atomic E-state index is 11.4. The summed E-state index contributed by atoms with van der Waals surface area (Å²) < 4.78 is 4.97. The van der Waals surface area contributed by atoms with E-state index >= 15 is 0 Å². The molecule has 2 atom stereocenters. The predicted molar refractivity (Wildman–Crippen MR) is 58.2 cm³/mol. The first-order chi connectivity index (χ1) is 6.65. The second kappa shape index (κ2) is 7.80. The summed E-state index contributed by atoms with van der Waals surface area (Å²) >= 11 is 0. The van der Waals surface area contributed by atoms with E-state index in [1.165, 1.54) is 0 Å². The molecule has 0 rings (SSSR count). The van der Waals surface area contributed by atoms with E-state index < -0.39 is 0 Å². The number of nitrogens with one attached hydrogen (secondary N) is 1. The van der Waals surface area contributed by atoms with E-state index in [4.69, 9.17) is 4.74 Å². The van der Waals surface area contributed by atoms with E-state index in [-0.39, 0.29) is 12.0 Å². The molecule has 0 aliphatic carbocycles. The van der Waals surface area contributed by atoms with Crippen LogP contribution in [0.4, 0.5) is 0 Å². The lowest BCUT2D eigenvalue weighted by atomic mass is 10.1. The summed E-state index contributed by atoms with van der Waals surface area (Å²) in [6.45, 7) is 8.53. The molecule has 0 spiro atoms. The minimum Gasteiger partial charge on any atom is -0.465 e. The fraction of sp³-hybridized carbons (Fsp3) is 0.909. The summed E-state index contributed by atoms with van der Waals surface area (Å²) in [4.78, 5) is 11.4. The first-order valence-corrected chi connectivity index (χ1v) is 5.58. The topological polar surface area (TPSA) is 38.3 Å². The van der Waals surface area contributed by atoms with Crippen LogP contribution in [0.2, 0.25) is 0 Å². The predicted octanol–water partition coefficient (Wildman–Crippen LogP) is 2.11. The molecule has 2 unspecified atom stereocenters. The highest BCUT2D eigenvalue weighted by molar-refractivity contribution is 5.75. The van der Waals surface area contributed by atoms with E-state index in [0.717, 1.165) is 19.3 Å². The van der Waals surface area contributed by atoms with E-state index in [9.17, 15) is 4.79 Å². The van der Waals surface area contributed by atoms with E-state index in [0.29, 0.717) is 12.6 Å². The zero-order valence-electron chi connectivity index (χ0n) is 9.80. The third-order valence-corrected chi connectivity index (χ3v) is 2.19. The number of esters is 1. The van der Waals surface area contributed by atoms with Crippen molar-refractivity contribution in [2.75, 3.05) is 6.61 Å². The van der Waals surface area contributed by atoms with Crippen molar-refractivity contribution in [3.05, 3.63) is 0 Å². The van der Waals surface area contributed by atoms with Gasteiger partial charge in [0.05, 0.1) is 6.61 Å². The van der Waals surface area contributed by atoms with Crippen LogP contribution in [0.15, 0.2) is 0 Å². The van der Waals surface area contributed by atoms with Gasteiger partial charge in [0.1, 0.15) is 6.04 Å². The third-order valence-electron chi connectivity index (χ3n) is 2.19. The van der Waals surface area contributed by atoms with Crippen LogP contribution in [0, 0.1) is 0 Å². The lowest BCUT2D eigenvalue weighted by molar-refractivity contribution is -0.146. The fourth-order valence-electron chi connectivity index (χ4n) is 1.46. The quantitative estimate of drug-likeness (QED) is 0.641. The molecule has 1 N–H and O–H groups in total. The van der Waals surface area contributed by atoms with Gasteiger partial charge >= 0.3 is 5.97 Å². The maximum atomic E-state index is 11.4. The molecule has 84 valence electrons. The Labute approximate surface area is 87.2 Å². The summed E-state index contributed by atoms with van der Waals surface area (Å²) in [5.74, 6) is -0.127. The number of carbonyl (C=O) groups excluding carboxylic acids is 1. The molecule has 0 saturated carbocycles. The first-order valence-electron chi connectivity index (χ1n) is 5.58. The molecule has 14 heavy (non-hydrogen) atoms. The van der Waals surface area contributed by atoms with Crippen LogP contribution in [0.1, 0.15) is 47.0 Å². The molecule has 3 nitrogen and oxygen atoms in total. The van der Waals surface area contributed by atoms with Gasteiger partial charge in [-0.2, -0.15) is 0 Å². The summed E-state index contributed by atoms with van der Waals surface area (Å²) in [5, 5.41) is 3.28. The lowest BCUT2D eigenvalue weighted by Crippen LogP contribution is -2.42. The maximum Gasteiger partial charge on any atom is 0.323 e. The average molecular weight is 201 g/mol. The van der Waals surface area contributed by atoms with Crippen LogP contribution < -0.4 is 5.32 Å². The second-order valence-corrected chi connectivity index (χ2v) is 3.57. The van der Waals surface area contributed by atoms with Crippen LogP contribution in [0.5, 0.6) is 0 Å². The summed E-state index contributed by atoms with van der Waals surface area (Å²) in [7, 11) is 0. The number of rotatable bonds is 7. The normalized spacial score (nSPS) is 14.9. The summed E-state index contributed by atoms with van der Waals surface area (Å²) in [6.07, 6.45) is 3.01. The molecule has 0 radical (unpaired) electrons. The highest BCUT2D eigenvalue weighted by Gasteiger charge is 2.18. The molecular formula is C11H23NO2. The van der Waals surface area contributed by atoms with Gasteiger partial charge in [-0.05, 0) is 26.7 Å². The molecular weight excluding hydrogens is 178 g/mol. The Bertz CT molecular complexity index is 159. The van der Waals surface area contributed by atoms with Crippen LogP contribution >= 0.6 is 0 Å². The molecule has 0 amide bonds. The fourth-order valence-corrected chi connectivity index (χ4v) is 1.46. The standard InChI is InChI=1S/C11H23NO2/c1-5-8-9(4)12-10(6-2)11(13)14-7-3/h9-10,12H,5-8H2,1-4H3. The number of hydrogen-bond donors (Lipinski definition) is 1. The van der Waals surface area contributed by atoms with Crippen molar-refractivity contribution in [3.63, 3.8) is 0 Å². The van der Waals surface area contributed by atoms with E-state index in [2.05, 4.69) is 19.2 Å². The van der Waals surface area contributed by atoms with Crippen molar-refractivity contribution >= 4 is 5.97 Å². The monoisotopic (exact) mass is 201 g/mol. The minimum absolute atomic E-state index is 0.127. The first kappa shape index (κ1) is 13.4. The van der Waals surface area contributed by atoms with Gasteiger partial charge < -0.3 is 10.1 Å². The van der Waals surface area contributed by atoms with Crippen LogP contribution in [0.25, 0.3) is 0 Å². The van der Waals surface area contributed by atoms with Gasteiger partial charge in [-0.15, -0.1) is 0 Å². The number of ether oxygens (including phenoxy) is 1. The van der Waals surface area contributed by atoms with Crippen molar-refractivity contribution < 1.29 is 9.53 Å². The van der Waals surface area contributed by atoms with Crippen LogP contribution in [0.3, 0.4) is 0 Å². The van der Waals surface area contributed by atoms with Crippen LogP contribution in [-0.4, -0.2) is 24.7 Å². The molecule has 0 heterocycles. The van der Waals surface area contributed by atoms with Crippen molar-refractivity contribution in [2.24, 2.45) is 0 Å². The molecule has 0 fully saturated rings. The summed E-state index contributed by atoms with van der Waals surface area (Å²) in [6, 6.07) is 0.242. The molecule has 0 aliphatic rings. The zero-order valence-corrected chi connectivity index (χ0v) is 9.80. The lowest BCUT2D eigenvalue weighted by Gasteiger charge is -2.20. The van der Waals surface area contributed by atoms with Gasteiger partial charge in [0.2, 0.25) is 0 Å². The SMILES string of the molecule is CCCC(C)NC(CC)C(=O)OCC. The third kappa shape index (κ3) is 5.22. The Balaban J connectivity index is 3.94. The smallest absolute Gasteiger partial charge is 0.323 e. The number of hydrogen-bond acceptors (Lipinski definition) is 3. The Morgan fingerprint density at radius 3 is 2.43 bits per heavy atom. The van der Waals surface area contributed by atoms with Crippen molar-refractivity contribution in [2.45, 2.75) is 59.0 Å². The van der Waals surface area contributed by atoms with E-state index in [1.807, 2.05) is 13.8 Å². The molecule has 0 saturated heterocycles. The van der Waals surface area contributed by atoms with Gasteiger partial charge in [0.25, 0.3) is 0 Å². The highest BCUT2D eigenvalue weighted by atomic mass is 16.5. The zero-order chi connectivity index (χ0) is 11.0. The molecule has 0 bridgehead atoms. The Hall–Kier alpha value is -0.570. The second-order valence-electron chi connectivity index (χ2n) is 3.57. The Kier molecular flexibility index (Phi) is 7.48. The highest BCUT2D eigenvalue weighted by Crippen LogP contribution is 2.01. The molecule has 0 aromatic heterocycles. The Morgan fingerprint density at radius 2 is 2.00 bits per heavy atom. The molecule has 0 aromatic rings. The van der Waals surface area contributed by atoms with Gasteiger partial charge in [-0.1, -0.05) is 20.3 Å². The van der Waals surface area contributed by atoms with Gasteiger partial charge in [0.15, 0.2) is 0 Å². The minimum atomic E-state index is -0.142.